The van der Waals surface area contributed by atoms with E-state index in [1.165, 1.54) is 17.3 Å². The Balaban J connectivity index is 1.85. The molecule has 19 heavy (non-hydrogen) atoms. The van der Waals surface area contributed by atoms with Gasteiger partial charge in [-0.15, -0.1) is 0 Å². The van der Waals surface area contributed by atoms with Gasteiger partial charge in [0.05, 0.1) is 12.1 Å². The number of hydrogen-bond donors (Lipinski definition) is 1. The summed E-state index contributed by atoms with van der Waals surface area (Å²) < 4.78 is 6.90. The molecule has 0 spiro atoms. The summed E-state index contributed by atoms with van der Waals surface area (Å²) in [6.07, 6.45) is 3.92. The van der Waals surface area contributed by atoms with Crippen LogP contribution in [0.2, 0.25) is 5.28 Å². The molecule has 0 bridgehead atoms. The maximum Gasteiger partial charge on any atom is 0.258 e. The van der Waals surface area contributed by atoms with Crippen LogP contribution in [0.15, 0.2) is 12.7 Å². The molecule has 8 nitrogen and oxygen atoms in total. The first-order chi connectivity index (χ1) is 9.22. The molecule has 2 unspecified atom stereocenters. The summed E-state index contributed by atoms with van der Waals surface area (Å²) >= 11 is 5.89. The Labute approximate surface area is 114 Å². The van der Waals surface area contributed by atoms with E-state index in [2.05, 4.69) is 30.4 Å². The third kappa shape index (κ3) is 2.64. The van der Waals surface area contributed by atoms with Gasteiger partial charge >= 0.3 is 0 Å². The van der Waals surface area contributed by atoms with E-state index in [4.69, 9.17) is 16.3 Å². The summed E-state index contributed by atoms with van der Waals surface area (Å²) in [6.45, 7) is 2.74. The van der Waals surface area contributed by atoms with Gasteiger partial charge in [0, 0.05) is 6.61 Å². The van der Waals surface area contributed by atoms with Crippen molar-refractivity contribution in [1.82, 2.24) is 29.7 Å². The lowest BCUT2D eigenvalue weighted by Crippen LogP contribution is -2.28. The van der Waals surface area contributed by atoms with Gasteiger partial charge in [0.2, 0.25) is 11.2 Å². The summed E-state index contributed by atoms with van der Waals surface area (Å²) in [7, 11) is 0. The number of rotatable bonds is 3. The zero-order chi connectivity index (χ0) is 13.2. The van der Waals surface area contributed by atoms with Crippen LogP contribution in [0.1, 0.15) is 13.3 Å². The van der Waals surface area contributed by atoms with Gasteiger partial charge in [0.15, 0.2) is 0 Å². The van der Waals surface area contributed by atoms with Crippen LogP contribution in [0.5, 0.6) is 0 Å². The molecule has 0 aromatic carbocycles. The molecule has 100 valence electrons. The van der Waals surface area contributed by atoms with Gasteiger partial charge in [-0.05, 0) is 24.9 Å². The second-order valence-corrected chi connectivity index (χ2v) is 4.52. The average Bonchev–Trinajstić information content (AvgIpc) is 3.01. The first-order valence-electron chi connectivity index (χ1n) is 5.87. The lowest BCUT2D eigenvalue weighted by atomic mass is 10.2. The van der Waals surface area contributed by atoms with Gasteiger partial charge in [-0.1, -0.05) is 0 Å². The number of halogens is 1. The predicted molar refractivity (Wildman–Crippen MR) is 67.2 cm³/mol. The van der Waals surface area contributed by atoms with Crippen LogP contribution in [0, 0.1) is 0 Å². The number of aromatic nitrogens is 6. The topological polar surface area (TPSA) is 90.6 Å². The van der Waals surface area contributed by atoms with Crippen LogP contribution >= 0.6 is 11.6 Å². The van der Waals surface area contributed by atoms with Crippen molar-refractivity contribution < 1.29 is 4.74 Å². The Morgan fingerprint density at radius 1 is 1.42 bits per heavy atom. The fourth-order valence-corrected chi connectivity index (χ4v) is 2.06. The highest BCUT2D eigenvalue weighted by atomic mass is 35.5. The SMILES string of the molecule is CC1OCCC1Nc1nc(Cl)nc(-n2cncn2)n1. The fraction of sp³-hybridized carbons (Fsp3) is 0.500. The van der Waals surface area contributed by atoms with Gasteiger partial charge in [-0.25, -0.2) is 4.98 Å². The van der Waals surface area contributed by atoms with Crippen molar-refractivity contribution in [3.05, 3.63) is 17.9 Å². The van der Waals surface area contributed by atoms with Crippen molar-refractivity contribution in [3.63, 3.8) is 0 Å². The number of nitrogens with zero attached hydrogens (tertiary/aromatic N) is 6. The van der Waals surface area contributed by atoms with Crippen molar-refractivity contribution in [2.45, 2.75) is 25.5 Å². The van der Waals surface area contributed by atoms with Crippen LogP contribution in [0.25, 0.3) is 5.95 Å². The summed E-state index contributed by atoms with van der Waals surface area (Å²) in [5.41, 5.74) is 0. The first-order valence-corrected chi connectivity index (χ1v) is 6.25. The van der Waals surface area contributed by atoms with E-state index in [0.29, 0.717) is 11.9 Å². The highest BCUT2D eigenvalue weighted by Gasteiger charge is 2.25. The molecule has 1 N–H and O–H groups in total. The van der Waals surface area contributed by atoms with Crippen LogP contribution in [-0.2, 0) is 4.74 Å². The third-order valence-electron chi connectivity index (χ3n) is 2.91. The van der Waals surface area contributed by atoms with E-state index < -0.39 is 0 Å². The summed E-state index contributed by atoms with van der Waals surface area (Å²) in [6, 6.07) is 0.169. The van der Waals surface area contributed by atoms with Crippen molar-refractivity contribution in [2.75, 3.05) is 11.9 Å². The molecule has 2 atom stereocenters. The summed E-state index contributed by atoms with van der Waals surface area (Å²) in [5.74, 6) is 0.736. The Morgan fingerprint density at radius 2 is 2.32 bits per heavy atom. The van der Waals surface area contributed by atoms with Crippen molar-refractivity contribution in [2.24, 2.45) is 0 Å². The first kappa shape index (κ1) is 12.2. The molecule has 9 heteroatoms. The standard InChI is InChI=1S/C10H12ClN7O/c1-6-7(2-3-19-6)14-9-15-8(11)16-10(17-9)18-5-12-4-13-18/h4-7H,2-3H2,1H3,(H,14,15,16,17). The van der Waals surface area contributed by atoms with E-state index in [1.54, 1.807) is 0 Å². The van der Waals surface area contributed by atoms with Crippen LogP contribution in [-0.4, -0.2) is 48.5 Å². The minimum absolute atomic E-state index is 0.106. The Bertz CT molecular complexity index is 561. The largest absolute Gasteiger partial charge is 0.376 e. The van der Waals surface area contributed by atoms with Crippen LogP contribution in [0.4, 0.5) is 5.95 Å². The molecule has 1 fully saturated rings. The van der Waals surface area contributed by atoms with E-state index >= 15 is 0 Å². The zero-order valence-electron chi connectivity index (χ0n) is 10.2. The predicted octanol–water partition coefficient (Wildman–Crippen LogP) is 0.695. The minimum Gasteiger partial charge on any atom is -0.376 e. The van der Waals surface area contributed by atoms with Gasteiger partial charge in [-0.3, -0.25) is 0 Å². The second kappa shape index (κ2) is 5.06. The molecule has 0 aliphatic carbocycles. The number of hydrogen-bond acceptors (Lipinski definition) is 7. The highest BCUT2D eigenvalue weighted by molar-refractivity contribution is 6.28. The molecule has 1 aliphatic rings. The molecule has 0 saturated carbocycles. The van der Waals surface area contributed by atoms with E-state index in [9.17, 15) is 0 Å². The van der Waals surface area contributed by atoms with Gasteiger partial charge in [-0.2, -0.15) is 24.7 Å². The summed E-state index contributed by atoms with van der Waals surface area (Å²) in [5, 5.41) is 7.26. The lowest BCUT2D eigenvalue weighted by Gasteiger charge is -2.15. The van der Waals surface area contributed by atoms with Gasteiger partial charge in [0.25, 0.3) is 5.95 Å². The number of ether oxygens (including phenoxy) is 1. The van der Waals surface area contributed by atoms with Crippen molar-refractivity contribution in [1.29, 1.82) is 0 Å². The van der Waals surface area contributed by atoms with E-state index in [-0.39, 0.29) is 17.4 Å². The van der Waals surface area contributed by atoms with E-state index in [1.807, 2.05) is 6.92 Å². The van der Waals surface area contributed by atoms with Crippen molar-refractivity contribution >= 4 is 17.5 Å². The minimum atomic E-state index is 0.106. The zero-order valence-corrected chi connectivity index (χ0v) is 10.9. The smallest absolute Gasteiger partial charge is 0.258 e. The van der Waals surface area contributed by atoms with E-state index in [0.717, 1.165) is 13.0 Å². The quantitative estimate of drug-likeness (QED) is 0.885. The molecule has 2 aromatic rings. The Hall–Kier alpha value is -1.80. The van der Waals surface area contributed by atoms with Crippen LogP contribution in [0.3, 0.4) is 0 Å². The normalized spacial score (nSPS) is 22.6. The number of nitrogens with one attached hydrogen (secondary N) is 1. The molecule has 1 saturated heterocycles. The maximum absolute atomic E-state index is 5.89. The number of anilines is 1. The summed E-state index contributed by atoms with van der Waals surface area (Å²) in [4.78, 5) is 16.2. The molecule has 2 aromatic heterocycles. The molecule has 0 radical (unpaired) electrons. The molecule has 1 aliphatic heterocycles. The van der Waals surface area contributed by atoms with Gasteiger partial charge in [0.1, 0.15) is 12.7 Å². The second-order valence-electron chi connectivity index (χ2n) is 4.18. The molecular weight excluding hydrogens is 270 g/mol. The third-order valence-corrected chi connectivity index (χ3v) is 3.08. The monoisotopic (exact) mass is 281 g/mol. The molecule has 0 amide bonds. The van der Waals surface area contributed by atoms with Crippen molar-refractivity contribution in [3.8, 4) is 5.95 Å². The maximum atomic E-state index is 5.89. The molecular formula is C10H12ClN7O. The molecule has 3 heterocycles. The Morgan fingerprint density at radius 3 is 3.00 bits per heavy atom. The molecule has 3 rings (SSSR count). The Kier molecular flexibility index (Phi) is 3.26. The average molecular weight is 282 g/mol. The highest BCUT2D eigenvalue weighted by Crippen LogP contribution is 2.17. The van der Waals surface area contributed by atoms with Crippen LogP contribution < -0.4 is 5.32 Å². The lowest BCUT2D eigenvalue weighted by molar-refractivity contribution is 0.121. The fourth-order valence-electron chi connectivity index (χ4n) is 1.91. The van der Waals surface area contributed by atoms with Gasteiger partial charge < -0.3 is 10.1 Å².